The van der Waals surface area contributed by atoms with Crippen molar-refractivity contribution in [3.63, 3.8) is 0 Å². The van der Waals surface area contributed by atoms with Crippen molar-refractivity contribution in [3.05, 3.63) is 56.0 Å². The van der Waals surface area contributed by atoms with Crippen LogP contribution in [0, 0.1) is 13.8 Å². The van der Waals surface area contributed by atoms with Gasteiger partial charge in [0.2, 0.25) is 5.78 Å². The van der Waals surface area contributed by atoms with Crippen LogP contribution in [0.3, 0.4) is 0 Å². The van der Waals surface area contributed by atoms with Gasteiger partial charge in [-0.3, -0.25) is 4.79 Å². The maximum absolute atomic E-state index is 12.8. The number of aryl methyl sites for hydroxylation is 2. The predicted octanol–water partition coefficient (Wildman–Crippen LogP) is 5.05. The number of hydrogen-bond acceptors (Lipinski definition) is 4. The number of carbonyl (C=O) groups is 1. The van der Waals surface area contributed by atoms with Gasteiger partial charge in [0.05, 0.1) is 5.69 Å². The van der Waals surface area contributed by atoms with E-state index in [4.69, 9.17) is 5.73 Å². The van der Waals surface area contributed by atoms with Crippen molar-refractivity contribution in [2.24, 2.45) is 0 Å². The van der Waals surface area contributed by atoms with Crippen LogP contribution >= 0.6 is 27.3 Å². The minimum absolute atomic E-state index is 0.0481. The van der Waals surface area contributed by atoms with Crippen molar-refractivity contribution in [1.29, 1.82) is 0 Å². The lowest BCUT2D eigenvalue weighted by Crippen LogP contribution is -2.02. The smallest absolute Gasteiger partial charge is 0.205 e. The molecule has 1 aromatic carbocycles. The van der Waals surface area contributed by atoms with Crippen LogP contribution in [0.15, 0.2) is 28.7 Å². The van der Waals surface area contributed by atoms with Crippen LogP contribution in [0.2, 0.25) is 0 Å². The van der Waals surface area contributed by atoms with Gasteiger partial charge in [-0.05, 0) is 55.7 Å². The minimum atomic E-state index is -0.0481. The molecule has 3 nitrogen and oxygen atoms in total. The molecule has 0 radical (unpaired) electrons. The molecule has 5 heteroatoms. The molecular formula is C18H17BrN2OS. The monoisotopic (exact) mass is 388 g/mol. The molecule has 23 heavy (non-hydrogen) atoms. The topological polar surface area (TPSA) is 56.0 Å². The second-order valence-corrected chi connectivity index (χ2v) is 7.43. The van der Waals surface area contributed by atoms with Crippen LogP contribution in [0.5, 0.6) is 0 Å². The standard InChI is InChI=1S/C18H17BrN2OS/c1-4-13-9(2)14-15(20)17(23-18(14)21-10(13)3)16(22)11-5-7-12(19)8-6-11/h5-8H,4,20H2,1-3H3. The number of nitrogen functional groups attached to an aromatic ring is 1. The molecule has 0 fully saturated rings. The Morgan fingerprint density at radius 1 is 1.26 bits per heavy atom. The molecular weight excluding hydrogens is 372 g/mol. The summed E-state index contributed by atoms with van der Waals surface area (Å²) in [6.07, 6.45) is 0.909. The van der Waals surface area contributed by atoms with Gasteiger partial charge in [0.15, 0.2) is 0 Å². The number of halogens is 1. The molecule has 0 saturated carbocycles. The quantitative estimate of drug-likeness (QED) is 0.638. The zero-order valence-corrected chi connectivity index (χ0v) is 15.6. The highest BCUT2D eigenvalue weighted by Crippen LogP contribution is 2.38. The van der Waals surface area contributed by atoms with Gasteiger partial charge in [-0.1, -0.05) is 22.9 Å². The Balaban J connectivity index is 2.19. The summed E-state index contributed by atoms with van der Waals surface area (Å²) in [5.41, 5.74) is 10.9. The second kappa shape index (κ2) is 6.06. The van der Waals surface area contributed by atoms with Gasteiger partial charge in [0, 0.05) is 21.1 Å². The fourth-order valence-electron chi connectivity index (χ4n) is 2.94. The van der Waals surface area contributed by atoms with Crippen molar-refractivity contribution in [1.82, 2.24) is 4.98 Å². The third-order valence-corrected chi connectivity index (χ3v) is 5.75. The van der Waals surface area contributed by atoms with E-state index in [-0.39, 0.29) is 5.78 Å². The Hall–Kier alpha value is -1.72. The molecule has 0 atom stereocenters. The zero-order valence-electron chi connectivity index (χ0n) is 13.2. The van der Waals surface area contributed by atoms with Crippen molar-refractivity contribution < 1.29 is 4.79 Å². The summed E-state index contributed by atoms with van der Waals surface area (Å²) in [6, 6.07) is 7.33. The molecule has 2 N–H and O–H groups in total. The molecule has 2 heterocycles. The molecule has 0 aliphatic heterocycles. The summed E-state index contributed by atoms with van der Waals surface area (Å²) in [5.74, 6) is -0.0481. The maximum atomic E-state index is 12.8. The molecule has 118 valence electrons. The summed E-state index contributed by atoms with van der Waals surface area (Å²) in [7, 11) is 0. The van der Waals surface area contributed by atoms with E-state index in [0.717, 1.165) is 32.4 Å². The Labute approximate surface area is 147 Å². The lowest BCUT2D eigenvalue weighted by atomic mass is 10.0. The molecule has 0 unspecified atom stereocenters. The number of nitrogens with two attached hydrogens (primary N) is 1. The summed E-state index contributed by atoms with van der Waals surface area (Å²) < 4.78 is 0.944. The van der Waals surface area contributed by atoms with E-state index in [9.17, 15) is 4.79 Å². The first kappa shape index (κ1) is 16.1. The Bertz CT molecular complexity index is 913. The summed E-state index contributed by atoms with van der Waals surface area (Å²) in [6.45, 7) is 6.18. The van der Waals surface area contributed by atoms with E-state index in [1.165, 1.54) is 16.9 Å². The van der Waals surface area contributed by atoms with Crippen molar-refractivity contribution in [2.45, 2.75) is 27.2 Å². The number of fused-ring (bicyclic) bond motifs is 1. The Morgan fingerprint density at radius 2 is 1.91 bits per heavy atom. The second-order valence-electron chi connectivity index (χ2n) is 5.52. The van der Waals surface area contributed by atoms with Crippen molar-refractivity contribution in [2.75, 3.05) is 5.73 Å². The van der Waals surface area contributed by atoms with E-state index in [1.54, 1.807) is 12.1 Å². The molecule has 3 rings (SSSR count). The van der Waals surface area contributed by atoms with Gasteiger partial charge in [0.25, 0.3) is 0 Å². The summed E-state index contributed by atoms with van der Waals surface area (Å²) >= 11 is 4.76. The van der Waals surface area contributed by atoms with E-state index >= 15 is 0 Å². The molecule has 2 aromatic heterocycles. The van der Waals surface area contributed by atoms with Crippen LogP contribution in [0.1, 0.15) is 39.0 Å². The minimum Gasteiger partial charge on any atom is -0.397 e. The van der Waals surface area contributed by atoms with E-state index in [1.807, 2.05) is 19.1 Å². The number of pyridine rings is 1. The van der Waals surface area contributed by atoms with Gasteiger partial charge < -0.3 is 5.73 Å². The number of ketones is 1. The lowest BCUT2D eigenvalue weighted by Gasteiger charge is -2.08. The molecule has 0 spiro atoms. The largest absolute Gasteiger partial charge is 0.397 e. The first-order valence-electron chi connectivity index (χ1n) is 7.42. The number of hydrogen-bond donors (Lipinski definition) is 1. The first-order valence-corrected chi connectivity index (χ1v) is 9.03. The number of aromatic nitrogens is 1. The van der Waals surface area contributed by atoms with Gasteiger partial charge >= 0.3 is 0 Å². The SMILES string of the molecule is CCc1c(C)nc2sc(C(=O)c3ccc(Br)cc3)c(N)c2c1C. The number of thiophene rings is 1. The number of carbonyl (C=O) groups excluding carboxylic acids is 1. The molecule has 0 bridgehead atoms. The van der Waals surface area contributed by atoms with Crippen molar-refractivity contribution in [3.8, 4) is 0 Å². The van der Waals surface area contributed by atoms with Gasteiger partial charge in [-0.25, -0.2) is 4.98 Å². The molecule has 0 aliphatic carbocycles. The van der Waals surface area contributed by atoms with Crippen LogP contribution in [-0.4, -0.2) is 10.8 Å². The zero-order chi connectivity index (χ0) is 16.7. The van der Waals surface area contributed by atoms with E-state index in [0.29, 0.717) is 16.1 Å². The number of nitrogens with zero attached hydrogens (tertiary/aromatic N) is 1. The maximum Gasteiger partial charge on any atom is 0.205 e. The third-order valence-electron chi connectivity index (χ3n) is 4.13. The van der Waals surface area contributed by atoms with Gasteiger partial charge in [-0.15, -0.1) is 11.3 Å². The Morgan fingerprint density at radius 3 is 2.52 bits per heavy atom. The van der Waals surface area contributed by atoms with Crippen LogP contribution in [0.4, 0.5) is 5.69 Å². The normalized spacial score (nSPS) is 11.1. The molecule has 0 aliphatic rings. The average Bonchev–Trinajstić information content (AvgIpc) is 2.84. The highest BCUT2D eigenvalue weighted by atomic mass is 79.9. The van der Waals surface area contributed by atoms with Crippen LogP contribution < -0.4 is 5.73 Å². The highest BCUT2D eigenvalue weighted by molar-refractivity contribution is 9.10. The molecule has 0 saturated heterocycles. The lowest BCUT2D eigenvalue weighted by molar-refractivity contribution is 0.104. The van der Waals surface area contributed by atoms with Gasteiger partial charge in [0.1, 0.15) is 9.71 Å². The number of anilines is 1. The Kier molecular flexibility index (Phi) is 4.25. The molecule has 0 amide bonds. The summed E-state index contributed by atoms with van der Waals surface area (Å²) in [4.78, 5) is 18.9. The predicted molar refractivity (Wildman–Crippen MR) is 100 cm³/mol. The van der Waals surface area contributed by atoms with Crippen LogP contribution in [0.25, 0.3) is 10.2 Å². The fraction of sp³-hybridized carbons (Fsp3) is 0.222. The molecule has 3 aromatic rings. The first-order chi connectivity index (χ1) is 10.9. The van der Waals surface area contributed by atoms with Crippen molar-refractivity contribution >= 4 is 49.0 Å². The number of benzene rings is 1. The van der Waals surface area contributed by atoms with Crippen LogP contribution in [-0.2, 0) is 6.42 Å². The average molecular weight is 389 g/mol. The fourth-order valence-corrected chi connectivity index (χ4v) is 4.36. The third kappa shape index (κ3) is 2.68. The van der Waals surface area contributed by atoms with E-state index < -0.39 is 0 Å². The highest BCUT2D eigenvalue weighted by Gasteiger charge is 2.21. The van der Waals surface area contributed by atoms with E-state index in [2.05, 4.69) is 34.8 Å². The summed E-state index contributed by atoms with van der Waals surface area (Å²) in [5, 5.41) is 0.929. The van der Waals surface area contributed by atoms with Gasteiger partial charge in [-0.2, -0.15) is 0 Å². The number of rotatable bonds is 3.